The van der Waals surface area contributed by atoms with Gasteiger partial charge in [0.05, 0.1) is 27.4 Å². The zero-order valence-electron chi connectivity index (χ0n) is 24.9. The Morgan fingerprint density at radius 3 is 2.20 bits per heavy atom. The van der Waals surface area contributed by atoms with Gasteiger partial charge in [-0.3, -0.25) is 14.4 Å². The third kappa shape index (κ3) is 3.65. The van der Waals surface area contributed by atoms with Crippen molar-refractivity contribution >= 4 is 29.1 Å². The number of Topliss-reactive ketones (excluding diaryl/α,β-unsaturated/α-hetero) is 3. The van der Waals surface area contributed by atoms with E-state index in [1.807, 2.05) is 48.2 Å². The van der Waals surface area contributed by atoms with Gasteiger partial charge < -0.3 is 19.1 Å². The highest BCUT2D eigenvalue weighted by molar-refractivity contribution is 6.32. The van der Waals surface area contributed by atoms with Gasteiger partial charge in [0, 0.05) is 33.9 Å². The summed E-state index contributed by atoms with van der Waals surface area (Å²) in [6, 6.07) is 23.6. The Balaban J connectivity index is 1.58. The van der Waals surface area contributed by atoms with Crippen molar-refractivity contribution in [2.75, 3.05) is 26.2 Å². The molecule has 7 rings (SSSR count). The molecule has 4 aromatic rings. The van der Waals surface area contributed by atoms with Crippen LogP contribution in [0, 0.1) is 12.3 Å². The Hall–Kier alpha value is -5.17. The van der Waals surface area contributed by atoms with Gasteiger partial charge in [-0.05, 0) is 42.8 Å². The smallest absolute Gasteiger partial charge is 0.186 e. The molecule has 3 atom stereocenters. The molecule has 7 heteroatoms. The van der Waals surface area contributed by atoms with Crippen LogP contribution in [0.25, 0.3) is 6.08 Å². The number of rotatable bonds is 6. The molecule has 0 aromatic heterocycles. The third-order valence-corrected chi connectivity index (χ3v) is 9.35. The van der Waals surface area contributed by atoms with E-state index in [2.05, 4.69) is 0 Å². The van der Waals surface area contributed by atoms with Crippen LogP contribution >= 0.6 is 0 Å². The maximum Gasteiger partial charge on any atom is 0.186 e. The number of fused-ring (bicyclic) bond motifs is 5. The first-order valence-electron chi connectivity index (χ1n) is 14.5. The molecule has 0 N–H and O–H groups in total. The molecule has 1 saturated heterocycles. The first-order valence-corrected chi connectivity index (χ1v) is 14.5. The summed E-state index contributed by atoms with van der Waals surface area (Å²) >= 11 is 0. The minimum atomic E-state index is -1.65. The SMILES string of the molecule is COc1cccc(C(=O)C2C(c3cccc(OC)c3OC)C3(C(=O)c4ccccc4C3=O)C3C=Cc4cc(C)ccc4N23)c1. The fourth-order valence-corrected chi connectivity index (χ4v) is 7.54. The lowest BCUT2D eigenvalue weighted by molar-refractivity contribution is 0.0664. The third-order valence-electron chi connectivity index (χ3n) is 9.35. The minimum Gasteiger partial charge on any atom is -0.497 e. The van der Waals surface area contributed by atoms with Crippen molar-refractivity contribution < 1.29 is 28.6 Å². The van der Waals surface area contributed by atoms with E-state index in [9.17, 15) is 14.4 Å². The summed E-state index contributed by atoms with van der Waals surface area (Å²) in [5.41, 5.74) is 2.79. The first-order chi connectivity index (χ1) is 21.4. The number of anilines is 1. The summed E-state index contributed by atoms with van der Waals surface area (Å²) in [5, 5.41) is 0. The van der Waals surface area contributed by atoms with Crippen molar-refractivity contribution in [2.24, 2.45) is 5.41 Å². The number of aryl methyl sites for hydroxylation is 1. The van der Waals surface area contributed by atoms with Gasteiger partial charge in [0.25, 0.3) is 0 Å². The number of carbonyl (C=O) groups is 3. The molecule has 1 aliphatic carbocycles. The van der Waals surface area contributed by atoms with Gasteiger partial charge in [0.2, 0.25) is 0 Å². The molecule has 0 bridgehead atoms. The molecule has 2 heterocycles. The normalized spacial score (nSPS) is 20.7. The summed E-state index contributed by atoms with van der Waals surface area (Å²) in [5.74, 6) is -0.412. The maximum absolute atomic E-state index is 15.0. The number of ketones is 3. The van der Waals surface area contributed by atoms with Crippen molar-refractivity contribution in [1.82, 2.24) is 0 Å². The standard InChI is InChI=1S/C37H31NO6/c1-21-15-17-28-22(19-21)16-18-30-37(35(40)25-11-5-6-12-26(25)36(37)41)31(27-13-8-14-29(43-3)34(27)44-4)32(38(28)30)33(39)23-9-7-10-24(20-23)42-2/h5-20,30-32H,1-4H3. The topological polar surface area (TPSA) is 82.1 Å². The molecular formula is C37H31NO6. The Morgan fingerprint density at radius 2 is 1.52 bits per heavy atom. The zero-order chi connectivity index (χ0) is 30.7. The van der Waals surface area contributed by atoms with Crippen LogP contribution in [0.15, 0.2) is 91.0 Å². The van der Waals surface area contributed by atoms with E-state index in [0.717, 1.165) is 16.8 Å². The van der Waals surface area contributed by atoms with Crippen molar-refractivity contribution in [3.05, 3.63) is 124 Å². The van der Waals surface area contributed by atoms with Crippen LogP contribution in [0.2, 0.25) is 0 Å². The van der Waals surface area contributed by atoms with Crippen LogP contribution in [0.1, 0.15) is 53.7 Å². The minimum absolute atomic E-state index is 0.237. The Labute approximate surface area is 255 Å². The van der Waals surface area contributed by atoms with E-state index in [1.165, 1.54) is 14.2 Å². The van der Waals surface area contributed by atoms with Crippen LogP contribution in [0.5, 0.6) is 17.2 Å². The molecule has 44 heavy (non-hydrogen) atoms. The van der Waals surface area contributed by atoms with Gasteiger partial charge in [0.15, 0.2) is 28.8 Å². The summed E-state index contributed by atoms with van der Waals surface area (Å²) in [7, 11) is 4.62. The van der Waals surface area contributed by atoms with E-state index in [1.54, 1.807) is 67.8 Å². The molecule has 3 aliphatic rings. The van der Waals surface area contributed by atoms with Crippen molar-refractivity contribution in [2.45, 2.75) is 24.9 Å². The van der Waals surface area contributed by atoms with E-state index < -0.39 is 23.4 Å². The molecule has 3 unspecified atom stereocenters. The largest absolute Gasteiger partial charge is 0.497 e. The fraction of sp³-hybridized carbons (Fsp3) is 0.216. The Morgan fingerprint density at radius 1 is 0.795 bits per heavy atom. The van der Waals surface area contributed by atoms with Crippen molar-refractivity contribution in [3.8, 4) is 17.2 Å². The van der Waals surface area contributed by atoms with Crippen molar-refractivity contribution in [1.29, 1.82) is 0 Å². The summed E-state index contributed by atoms with van der Waals surface area (Å²) < 4.78 is 17.1. The molecular weight excluding hydrogens is 554 g/mol. The van der Waals surface area contributed by atoms with Crippen LogP contribution < -0.4 is 19.1 Å². The molecule has 220 valence electrons. The average molecular weight is 586 g/mol. The monoisotopic (exact) mass is 585 g/mol. The van der Waals surface area contributed by atoms with Crippen LogP contribution in [0.3, 0.4) is 0 Å². The summed E-state index contributed by atoms with van der Waals surface area (Å²) in [6.07, 6.45) is 3.88. The lowest BCUT2D eigenvalue weighted by atomic mass is 9.64. The molecule has 0 saturated carbocycles. The lowest BCUT2D eigenvalue weighted by Crippen LogP contribution is -2.48. The first kappa shape index (κ1) is 27.7. The number of hydrogen-bond donors (Lipinski definition) is 0. The second-order valence-electron chi connectivity index (χ2n) is 11.4. The average Bonchev–Trinajstić information content (AvgIpc) is 3.49. The van der Waals surface area contributed by atoms with Gasteiger partial charge in [-0.15, -0.1) is 0 Å². The van der Waals surface area contributed by atoms with Crippen LogP contribution in [-0.4, -0.2) is 50.8 Å². The van der Waals surface area contributed by atoms with E-state index in [4.69, 9.17) is 14.2 Å². The molecule has 0 amide bonds. The van der Waals surface area contributed by atoms with E-state index >= 15 is 0 Å². The Bertz CT molecular complexity index is 1860. The predicted octanol–water partition coefficient (Wildman–Crippen LogP) is 6.34. The predicted molar refractivity (Wildman–Crippen MR) is 167 cm³/mol. The fourth-order valence-electron chi connectivity index (χ4n) is 7.54. The van der Waals surface area contributed by atoms with Gasteiger partial charge in [-0.25, -0.2) is 0 Å². The molecule has 4 aromatic carbocycles. The van der Waals surface area contributed by atoms with E-state index in [0.29, 0.717) is 39.5 Å². The zero-order valence-corrected chi connectivity index (χ0v) is 24.9. The Kier molecular flexibility index (Phi) is 6.43. The molecule has 1 fully saturated rings. The van der Waals surface area contributed by atoms with Crippen molar-refractivity contribution in [3.63, 3.8) is 0 Å². The number of methoxy groups -OCH3 is 3. The number of para-hydroxylation sites is 1. The van der Waals surface area contributed by atoms with E-state index in [-0.39, 0.29) is 17.3 Å². The second-order valence-corrected chi connectivity index (χ2v) is 11.4. The summed E-state index contributed by atoms with van der Waals surface area (Å²) in [4.78, 5) is 46.8. The van der Waals surface area contributed by atoms with Gasteiger partial charge in [-0.1, -0.05) is 72.3 Å². The molecule has 7 nitrogen and oxygen atoms in total. The highest BCUT2D eigenvalue weighted by atomic mass is 16.5. The van der Waals surface area contributed by atoms with Crippen LogP contribution in [0.4, 0.5) is 5.69 Å². The highest BCUT2D eigenvalue weighted by Gasteiger charge is 2.72. The number of nitrogens with zero attached hydrogens (tertiary/aromatic N) is 1. The lowest BCUT2D eigenvalue weighted by Gasteiger charge is -2.37. The number of carbonyl (C=O) groups excluding carboxylic acids is 3. The second kappa shape index (κ2) is 10.2. The van der Waals surface area contributed by atoms with Crippen LogP contribution in [-0.2, 0) is 0 Å². The van der Waals surface area contributed by atoms with Gasteiger partial charge in [0.1, 0.15) is 17.2 Å². The quantitative estimate of drug-likeness (QED) is 0.193. The maximum atomic E-state index is 15.0. The summed E-state index contributed by atoms with van der Waals surface area (Å²) in [6.45, 7) is 2.01. The molecule has 1 spiro atoms. The highest BCUT2D eigenvalue weighted by Crippen LogP contribution is 2.62. The molecule has 2 aliphatic heterocycles. The van der Waals surface area contributed by atoms with Gasteiger partial charge >= 0.3 is 0 Å². The van der Waals surface area contributed by atoms with Gasteiger partial charge in [-0.2, -0.15) is 0 Å². The number of ether oxygens (including phenoxy) is 3. The number of hydrogen-bond acceptors (Lipinski definition) is 7. The number of benzene rings is 4. The molecule has 0 radical (unpaired) electrons.